The molecule has 0 bridgehead atoms. The molecular formula is C6H12O4. The second-order valence-corrected chi connectivity index (χ2v) is 2.45. The van der Waals surface area contributed by atoms with Crippen LogP contribution in [0.2, 0.25) is 0 Å². The summed E-state index contributed by atoms with van der Waals surface area (Å²) in [5.41, 5.74) is 0. The van der Waals surface area contributed by atoms with Crippen molar-refractivity contribution in [3.8, 4) is 0 Å². The van der Waals surface area contributed by atoms with Crippen LogP contribution < -0.4 is 0 Å². The molecule has 4 heteroatoms. The Morgan fingerprint density at radius 1 is 1.20 bits per heavy atom. The molecular weight excluding hydrogens is 136 g/mol. The van der Waals surface area contributed by atoms with Crippen LogP contribution in [-0.2, 0) is 4.74 Å². The third kappa shape index (κ3) is 1.15. The molecule has 0 aliphatic carbocycles. The van der Waals surface area contributed by atoms with E-state index in [1.54, 1.807) is 0 Å². The lowest BCUT2D eigenvalue weighted by Crippen LogP contribution is -2.31. The Morgan fingerprint density at radius 2 is 1.80 bits per heavy atom. The second kappa shape index (κ2) is 2.84. The molecule has 0 amide bonds. The van der Waals surface area contributed by atoms with Crippen LogP contribution in [0.1, 0.15) is 13.3 Å². The maximum atomic E-state index is 9.09. The Balaban J connectivity index is 2.53. The zero-order chi connectivity index (χ0) is 7.72. The van der Waals surface area contributed by atoms with Crippen molar-refractivity contribution in [3.05, 3.63) is 0 Å². The number of aliphatic hydroxyl groups is 3. The Hall–Kier alpha value is -0.160. The van der Waals surface area contributed by atoms with Gasteiger partial charge in [-0.05, 0) is 6.42 Å². The summed E-state index contributed by atoms with van der Waals surface area (Å²) >= 11 is 0. The highest BCUT2D eigenvalue weighted by Gasteiger charge is 2.40. The Labute approximate surface area is 59.1 Å². The third-order valence-corrected chi connectivity index (χ3v) is 1.74. The highest BCUT2D eigenvalue weighted by Crippen LogP contribution is 2.21. The minimum Gasteiger partial charge on any atom is -0.387 e. The quantitative estimate of drug-likeness (QED) is 0.438. The van der Waals surface area contributed by atoms with Gasteiger partial charge in [-0.2, -0.15) is 0 Å². The van der Waals surface area contributed by atoms with Crippen LogP contribution in [0.25, 0.3) is 0 Å². The predicted octanol–water partition coefficient (Wildman–Crippen LogP) is -1.16. The van der Waals surface area contributed by atoms with Crippen molar-refractivity contribution in [1.29, 1.82) is 0 Å². The maximum Gasteiger partial charge on any atom is 0.183 e. The fraction of sp³-hybridized carbons (Fsp3) is 1.00. The minimum atomic E-state index is -1.22. The van der Waals surface area contributed by atoms with E-state index < -0.39 is 24.6 Å². The van der Waals surface area contributed by atoms with Gasteiger partial charge in [0.1, 0.15) is 12.2 Å². The lowest BCUT2D eigenvalue weighted by Gasteiger charge is -2.10. The average Bonchev–Trinajstić information content (AvgIpc) is 2.17. The van der Waals surface area contributed by atoms with Crippen LogP contribution in [0.3, 0.4) is 0 Å². The van der Waals surface area contributed by atoms with Gasteiger partial charge in [0, 0.05) is 0 Å². The van der Waals surface area contributed by atoms with Crippen LogP contribution in [0.4, 0.5) is 0 Å². The van der Waals surface area contributed by atoms with Crippen LogP contribution in [0.5, 0.6) is 0 Å². The summed E-state index contributed by atoms with van der Waals surface area (Å²) in [4.78, 5) is 0. The fourth-order valence-electron chi connectivity index (χ4n) is 1.07. The number of aliphatic hydroxyl groups excluding tert-OH is 3. The third-order valence-electron chi connectivity index (χ3n) is 1.74. The van der Waals surface area contributed by atoms with E-state index in [0.29, 0.717) is 6.42 Å². The summed E-state index contributed by atoms with van der Waals surface area (Å²) < 4.78 is 4.79. The summed E-state index contributed by atoms with van der Waals surface area (Å²) in [6.07, 6.45) is -3.15. The topological polar surface area (TPSA) is 69.9 Å². The molecule has 0 saturated carbocycles. The summed E-state index contributed by atoms with van der Waals surface area (Å²) in [6.45, 7) is 1.82. The normalized spacial score (nSPS) is 48.0. The molecule has 4 nitrogen and oxygen atoms in total. The molecule has 1 aliphatic rings. The molecule has 0 aromatic heterocycles. The van der Waals surface area contributed by atoms with Gasteiger partial charge in [0.15, 0.2) is 6.29 Å². The molecule has 1 aliphatic heterocycles. The van der Waals surface area contributed by atoms with Crippen molar-refractivity contribution in [2.75, 3.05) is 0 Å². The molecule has 1 fully saturated rings. The molecule has 0 aromatic rings. The van der Waals surface area contributed by atoms with E-state index in [1.165, 1.54) is 0 Å². The molecule has 1 saturated heterocycles. The number of rotatable bonds is 1. The molecule has 60 valence electrons. The zero-order valence-electron chi connectivity index (χ0n) is 5.77. The fourth-order valence-corrected chi connectivity index (χ4v) is 1.07. The standard InChI is InChI=1S/C6H12O4/c1-2-3-4(7)5(8)6(9)10-3/h3-9H,2H2,1H3/t3-,4-,5-,6+/m1/s1. The van der Waals surface area contributed by atoms with Crippen LogP contribution in [0.15, 0.2) is 0 Å². The largest absolute Gasteiger partial charge is 0.387 e. The minimum absolute atomic E-state index is 0.426. The van der Waals surface area contributed by atoms with Crippen molar-refractivity contribution in [2.24, 2.45) is 0 Å². The van der Waals surface area contributed by atoms with Crippen LogP contribution in [0, 0.1) is 0 Å². The van der Waals surface area contributed by atoms with E-state index in [-0.39, 0.29) is 0 Å². The van der Waals surface area contributed by atoms with E-state index >= 15 is 0 Å². The summed E-state index contributed by atoms with van der Waals surface area (Å²) in [6, 6.07) is 0. The zero-order valence-corrected chi connectivity index (χ0v) is 5.77. The van der Waals surface area contributed by atoms with Crippen molar-refractivity contribution in [1.82, 2.24) is 0 Å². The number of hydrogen-bond acceptors (Lipinski definition) is 4. The molecule has 10 heavy (non-hydrogen) atoms. The SMILES string of the molecule is CC[C@H]1O[C@H](O)[C@H](O)[C@@H]1O. The van der Waals surface area contributed by atoms with E-state index in [9.17, 15) is 0 Å². The molecule has 1 heterocycles. The first kappa shape index (κ1) is 7.94. The van der Waals surface area contributed by atoms with Gasteiger partial charge in [-0.1, -0.05) is 6.92 Å². The van der Waals surface area contributed by atoms with Gasteiger partial charge in [-0.3, -0.25) is 0 Å². The van der Waals surface area contributed by atoms with Gasteiger partial charge in [0.2, 0.25) is 0 Å². The number of ether oxygens (including phenoxy) is 1. The highest BCUT2D eigenvalue weighted by atomic mass is 16.6. The van der Waals surface area contributed by atoms with Gasteiger partial charge < -0.3 is 20.1 Å². The first-order valence-corrected chi connectivity index (χ1v) is 3.36. The Morgan fingerprint density at radius 3 is 2.00 bits per heavy atom. The molecule has 0 aromatic carbocycles. The van der Waals surface area contributed by atoms with E-state index in [2.05, 4.69) is 0 Å². The van der Waals surface area contributed by atoms with Gasteiger partial charge in [0.25, 0.3) is 0 Å². The van der Waals surface area contributed by atoms with Crippen molar-refractivity contribution < 1.29 is 20.1 Å². The molecule has 1 rings (SSSR count). The van der Waals surface area contributed by atoms with Gasteiger partial charge in [-0.25, -0.2) is 0 Å². The van der Waals surface area contributed by atoms with E-state index in [0.717, 1.165) is 0 Å². The van der Waals surface area contributed by atoms with Crippen molar-refractivity contribution in [2.45, 2.75) is 37.9 Å². The maximum absolute atomic E-state index is 9.09. The van der Waals surface area contributed by atoms with Crippen LogP contribution >= 0.6 is 0 Å². The molecule has 0 spiro atoms. The molecule has 0 unspecified atom stereocenters. The lowest BCUT2D eigenvalue weighted by atomic mass is 10.1. The molecule has 3 N–H and O–H groups in total. The Bertz CT molecular complexity index is 116. The summed E-state index contributed by atoms with van der Waals surface area (Å²) in [5, 5.41) is 26.9. The molecule has 0 radical (unpaired) electrons. The van der Waals surface area contributed by atoms with Gasteiger partial charge >= 0.3 is 0 Å². The molecule has 4 atom stereocenters. The monoisotopic (exact) mass is 148 g/mol. The van der Waals surface area contributed by atoms with Crippen LogP contribution in [-0.4, -0.2) is 39.9 Å². The predicted molar refractivity (Wildman–Crippen MR) is 33.2 cm³/mol. The summed E-state index contributed by atoms with van der Waals surface area (Å²) in [7, 11) is 0. The number of hydrogen-bond donors (Lipinski definition) is 3. The van der Waals surface area contributed by atoms with E-state index in [1.807, 2.05) is 6.92 Å². The van der Waals surface area contributed by atoms with Crippen molar-refractivity contribution in [3.63, 3.8) is 0 Å². The summed E-state index contributed by atoms with van der Waals surface area (Å²) in [5.74, 6) is 0. The van der Waals surface area contributed by atoms with Gasteiger partial charge in [0.05, 0.1) is 6.10 Å². The van der Waals surface area contributed by atoms with E-state index in [4.69, 9.17) is 20.1 Å². The highest BCUT2D eigenvalue weighted by molar-refractivity contribution is 4.84. The Kier molecular flexibility index (Phi) is 2.25. The second-order valence-electron chi connectivity index (χ2n) is 2.45. The first-order chi connectivity index (χ1) is 4.66. The van der Waals surface area contributed by atoms with Crippen molar-refractivity contribution >= 4 is 0 Å². The lowest BCUT2D eigenvalue weighted by molar-refractivity contribution is -0.127. The van der Waals surface area contributed by atoms with Gasteiger partial charge in [-0.15, -0.1) is 0 Å². The first-order valence-electron chi connectivity index (χ1n) is 3.36. The smallest absolute Gasteiger partial charge is 0.183 e. The average molecular weight is 148 g/mol.